The van der Waals surface area contributed by atoms with Crippen LogP contribution in [0.5, 0.6) is 0 Å². The van der Waals surface area contributed by atoms with Crippen LogP contribution in [-0.4, -0.2) is 78.6 Å². The lowest BCUT2D eigenvalue weighted by atomic mass is 10.0. The van der Waals surface area contributed by atoms with Crippen molar-refractivity contribution < 1.29 is 14.3 Å². The maximum atomic E-state index is 13.3. The highest BCUT2D eigenvalue weighted by atomic mass is 16.5. The number of rotatable bonds is 12. The van der Waals surface area contributed by atoms with Gasteiger partial charge in [0.1, 0.15) is 6.04 Å². The molecule has 1 unspecified atom stereocenters. The van der Waals surface area contributed by atoms with Crippen molar-refractivity contribution in [2.75, 3.05) is 45.9 Å². The van der Waals surface area contributed by atoms with Gasteiger partial charge in [0, 0.05) is 50.7 Å². The molecule has 0 bridgehead atoms. The zero-order valence-corrected chi connectivity index (χ0v) is 17.5. The first kappa shape index (κ1) is 23.0. The molecule has 1 atom stereocenters. The van der Waals surface area contributed by atoms with Crippen molar-refractivity contribution in [1.82, 2.24) is 20.1 Å². The molecule has 1 aliphatic heterocycles. The number of morpholine rings is 1. The summed E-state index contributed by atoms with van der Waals surface area (Å²) in [5.74, 6) is -0.239. The van der Waals surface area contributed by atoms with Gasteiger partial charge >= 0.3 is 0 Å². The molecule has 2 rings (SSSR count). The van der Waals surface area contributed by atoms with Crippen molar-refractivity contribution in [3.05, 3.63) is 42.7 Å². The van der Waals surface area contributed by atoms with Gasteiger partial charge in [-0.2, -0.15) is 0 Å². The molecule has 1 aliphatic rings. The molecular weight excluding hydrogens is 368 g/mol. The minimum Gasteiger partial charge on any atom is -0.379 e. The molecule has 1 saturated heterocycles. The number of pyridine rings is 1. The summed E-state index contributed by atoms with van der Waals surface area (Å²) in [5, 5.41) is 2.88. The molecule has 7 heteroatoms. The van der Waals surface area contributed by atoms with Crippen LogP contribution in [0.25, 0.3) is 0 Å². The fourth-order valence-electron chi connectivity index (χ4n) is 3.47. The summed E-state index contributed by atoms with van der Waals surface area (Å²) in [5.41, 5.74) is 0.560. The first-order valence-electron chi connectivity index (χ1n) is 10.6. The van der Waals surface area contributed by atoms with Gasteiger partial charge in [0.25, 0.3) is 5.91 Å². The zero-order valence-electron chi connectivity index (χ0n) is 17.5. The molecule has 2 amide bonds. The number of ether oxygens (including phenoxy) is 1. The van der Waals surface area contributed by atoms with Gasteiger partial charge in [0.05, 0.1) is 13.2 Å². The summed E-state index contributed by atoms with van der Waals surface area (Å²) in [4.78, 5) is 34.2. The van der Waals surface area contributed by atoms with E-state index < -0.39 is 6.04 Å². The van der Waals surface area contributed by atoms with Crippen LogP contribution in [0.1, 0.15) is 43.0 Å². The van der Waals surface area contributed by atoms with Crippen molar-refractivity contribution in [3.8, 4) is 0 Å². The molecule has 160 valence electrons. The second-order valence-corrected chi connectivity index (χ2v) is 7.23. The van der Waals surface area contributed by atoms with Crippen LogP contribution in [0.3, 0.4) is 0 Å². The average Bonchev–Trinajstić information content (AvgIpc) is 2.77. The number of unbranched alkanes of at least 4 members (excludes halogenated alkanes) is 1. The molecule has 1 aromatic heterocycles. The Kier molecular flexibility index (Phi) is 10.4. The van der Waals surface area contributed by atoms with Gasteiger partial charge in [-0.15, -0.1) is 6.58 Å². The fraction of sp³-hybridized carbons (Fsp3) is 0.591. The first-order valence-corrected chi connectivity index (χ1v) is 10.6. The normalized spacial score (nSPS) is 15.5. The Morgan fingerprint density at radius 1 is 1.31 bits per heavy atom. The molecule has 2 heterocycles. The minimum absolute atomic E-state index is 0.118. The standard InChI is InChI=1S/C22H34N4O3/c1-3-5-7-20(21(27)24-10-4-2)26(22(28)19-8-11-23-12-9-19)14-6-13-25-15-17-29-18-16-25/h4,8-9,11-12,20H,2-3,5-7,10,13-18H2,1H3,(H,24,27). The Morgan fingerprint density at radius 3 is 2.69 bits per heavy atom. The molecule has 0 aromatic carbocycles. The van der Waals surface area contributed by atoms with Gasteiger partial charge in [-0.05, 0) is 25.0 Å². The van der Waals surface area contributed by atoms with Crippen LogP contribution in [0, 0.1) is 0 Å². The summed E-state index contributed by atoms with van der Waals surface area (Å²) in [6.45, 7) is 10.9. The van der Waals surface area contributed by atoms with E-state index in [1.807, 2.05) is 0 Å². The first-order chi connectivity index (χ1) is 14.2. The molecule has 0 radical (unpaired) electrons. The molecule has 0 spiro atoms. The predicted molar refractivity (Wildman–Crippen MR) is 114 cm³/mol. The van der Waals surface area contributed by atoms with E-state index in [4.69, 9.17) is 4.74 Å². The van der Waals surface area contributed by atoms with Crippen molar-refractivity contribution in [3.63, 3.8) is 0 Å². The van der Waals surface area contributed by atoms with E-state index >= 15 is 0 Å². The van der Waals surface area contributed by atoms with Crippen molar-refractivity contribution >= 4 is 11.8 Å². The van der Waals surface area contributed by atoms with Crippen LogP contribution >= 0.6 is 0 Å². The van der Waals surface area contributed by atoms with Gasteiger partial charge in [-0.25, -0.2) is 0 Å². The van der Waals surface area contributed by atoms with Gasteiger partial charge in [-0.3, -0.25) is 19.5 Å². The monoisotopic (exact) mass is 402 g/mol. The quantitative estimate of drug-likeness (QED) is 0.542. The number of carbonyl (C=O) groups is 2. The number of aromatic nitrogens is 1. The average molecular weight is 403 g/mol. The van der Waals surface area contributed by atoms with E-state index in [-0.39, 0.29) is 11.8 Å². The molecule has 0 aliphatic carbocycles. The smallest absolute Gasteiger partial charge is 0.254 e. The molecular formula is C22H34N4O3. The number of nitrogens with one attached hydrogen (secondary N) is 1. The third-order valence-corrected chi connectivity index (χ3v) is 5.10. The maximum absolute atomic E-state index is 13.3. The largest absolute Gasteiger partial charge is 0.379 e. The van der Waals surface area contributed by atoms with E-state index in [0.717, 1.165) is 52.1 Å². The highest BCUT2D eigenvalue weighted by Gasteiger charge is 2.29. The summed E-state index contributed by atoms with van der Waals surface area (Å²) < 4.78 is 5.40. The van der Waals surface area contributed by atoms with Crippen molar-refractivity contribution in [1.29, 1.82) is 0 Å². The summed E-state index contributed by atoms with van der Waals surface area (Å²) in [6, 6.07) is 2.92. The van der Waals surface area contributed by atoms with Crippen LogP contribution in [0.4, 0.5) is 0 Å². The fourth-order valence-corrected chi connectivity index (χ4v) is 3.47. The lowest BCUT2D eigenvalue weighted by molar-refractivity contribution is -0.125. The van der Waals surface area contributed by atoms with E-state index in [9.17, 15) is 9.59 Å². The van der Waals surface area contributed by atoms with Crippen molar-refractivity contribution in [2.24, 2.45) is 0 Å². The van der Waals surface area contributed by atoms with Gasteiger partial charge in [0.15, 0.2) is 0 Å². The number of hydrogen-bond donors (Lipinski definition) is 1. The van der Waals surface area contributed by atoms with E-state index in [0.29, 0.717) is 25.1 Å². The minimum atomic E-state index is -0.486. The lowest BCUT2D eigenvalue weighted by Crippen LogP contribution is -2.50. The third kappa shape index (κ3) is 7.59. The van der Waals surface area contributed by atoms with Crippen molar-refractivity contribution in [2.45, 2.75) is 38.6 Å². The van der Waals surface area contributed by atoms with Crippen LogP contribution in [0.2, 0.25) is 0 Å². The molecule has 0 saturated carbocycles. The van der Waals surface area contributed by atoms with E-state index in [2.05, 4.69) is 28.7 Å². The molecule has 1 N–H and O–H groups in total. The Balaban J connectivity index is 2.13. The van der Waals surface area contributed by atoms with Gasteiger partial charge in [0.2, 0.25) is 5.91 Å². The Morgan fingerprint density at radius 2 is 2.03 bits per heavy atom. The van der Waals surface area contributed by atoms with Gasteiger partial charge < -0.3 is 15.0 Å². The molecule has 1 aromatic rings. The highest BCUT2D eigenvalue weighted by Crippen LogP contribution is 2.15. The maximum Gasteiger partial charge on any atom is 0.254 e. The lowest BCUT2D eigenvalue weighted by Gasteiger charge is -2.32. The highest BCUT2D eigenvalue weighted by molar-refractivity contribution is 5.97. The summed E-state index contributed by atoms with van der Waals surface area (Å²) >= 11 is 0. The molecule has 29 heavy (non-hydrogen) atoms. The van der Waals surface area contributed by atoms with E-state index in [1.165, 1.54) is 0 Å². The Bertz CT molecular complexity index is 632. The van der Waals surface area contributed by atoms with Crippen LogP contribution in [0.15, 0.2) is 37.2 Å². The second kappa shape index (κ2) is 13.1. The second-order valence-electron chi connectivity index (χ2n) is 7.23. The van der Waals surface area contributed by atoms with Crippen LogP contribution < -0.4 is 5.32 Å². The summed E-state index contributed by atoms with van der Waals surface area (Å²) in [7, 11) is 0. The Labute approximate surface area is 174 Å². The number of nitrogens with zero attached hydrogens (tertiary/aromatic N) is 3. The number of hydrogen-bond acceptors (Lipinski definition) is 5. The topological polar surface area (TPSA) is 74.8 Å². The predicted octanol–water partition coefficient (Wildman–Crippen LogP) is 2.11. The molecule has 7 nitrogen and oxygen atoms in total. The number of carbonyl (C=O) groups excluding carboxylic acids is 2. The Hall–Kier alpha value is -2.25. The summed E-state index contributed by atoms with van der Waals surface area (Å²) in [6.07, 6.45) is 8.19. The molecule has 1 fully saturated rings. The van der Waals surface area contributed by atoms with Gasteiger partial charge in [-0.1, -0.05) is 25.8 Å². The SMILES string of the molecule is C=CCNC(=O)C(CCCC)N(CCCN1CCOCC1)C(=O)c1ccncc1. The zero-order chi connectivity index (χ0) is 20.9. The van der Waals surface area contributed by atoms with E-state index in [1.54, 1.807) is 35.5 Å². The number of amides is 2. The van der Waals surface area contributed by atoms with Crippen LogP contribution in [-0.2, 0) is 9.53 Å². The third-order valence-electron chi connectivity index (χ3n) is 5.10.